The average molecular weight is 301 g/mol. The number of para-hydroxylation sites is 2. The Hall–Kier alpha value is -3.14. The molecule has 2 aromatic carbocycles. The van der Waals surface area contributed by atoms with Gasteiger partial charge < -0.3 is 0 Å². The van der Waals surface area contributed by atoms with Gasteiger partial charge in [0, 0.05) is 12.6 Å². The topological polar surface area (TPSA) is 39.8 Å². The predicted molar refractivity (Wildman–Crippen MR) is 91.7 cm³/mol. The highest BCUT2D eigenvalue weighted by molar-refractivity contribution is 5.78. The van der Waals surface area contributed by atoms with Gasteiger partial charge in [-0.15, -0.1) is 0 Å². The Labute approximate surface area is 133 Å². The van der Waals surface area contributed by atoms with Gasteiger partial charge >= 0.3 is 5.69 Å². The van der Waals surface area contributed by atoms with E-state index < -0.39 is 0 Å². The molecule has 0 saturated heterocycles. The van der Waals surface area contributed by atoms with Crippen LogP contribution in [0.3, 0.4) is 0 Å². The number of aromatic nitrogens is 3. The molecule has 0 amide bonds. The van der Waals surface area contributed by atoms with Gasteiger partial charge in [0.1, 0.15) is 0 Å². The van der Waals surface area contributed by atoms with Crippen molar-refractivity contribution in [3.05, 3.63) is 83.4 Å². The first-order valence-corrected chi connectivity index (χ1v) is 7.44. The quantitative estimate of drug-likeness (QED) is 0.569. The summed E-state index contributed by atoms with van der Waals surface area (Å²) in [5.41, 5.74) is 4.44. The molecule has 0 aliphatic heterocycles. The Bertz CT molecular complexity index is 1030. The molecule has 2 heterocycles. The number of nitrogens with zero attached hydrogens (tertiary/aromatic N) is 3. The lowest BCUT2D eigenvalue weighted by atomic mass is 10.1. The zero-order valence-corrected chi connectivity index (χ0v) is 12.7. The van der Waals surface area contributed by atoms with Gasteiger partial charge in [-0.1, -0.05) is 42.5 Å². The van der Waals surface area contributed by atoms with Crippen LogP contribution < -0.4 is 5.69 Å². The number of benzene rings is 2. The highest BCUT2D eigenvalue weighted by Gasteiger charge is 2.12. The van der Waals surface area contributed by atoms with E-state index in [1.54, 1.807) is 22.4 Å². The minimum absolute atomic E-state index is 0.0690. The second kappa shape index (κ2) is 5.25. The SMILES string of the molecule is Cn1c(=O)n(-c2ccc(-c3ccccc3)nc2)c2ccccc21. The van der Waals surface area contributed by atoms with Crippen LogP contribution in [0.4, 0.5) is 0 Å². The summed E-state index contributed by atoms with van der Waals surface area (Å²) in [6.07, 6.45) is 1.75. The molecule has 112 valence electrons. The van der Waals surface area contributed by atoms with Crippen LogP contribution in [0.2, 0.25) is 0 Å². The van der Waals surface area contributed by atoms with Crippen molar-refractivity contribution in [2.45, 2.75) is 0 Å². The molecule has 4 rings (SSSR count). The van der Waals surface area contributed by atoms with Gasteiger partial charge in [0.2, 0.25) is 0 Å². The molecule has 0 N–H and O–H groups in total. The molecule has 0 spiro atoms. The van der Waals surface area contributed by atoms with E-state index >= 15 is 0 Å². The Kier molecular flexibility index (Phi) is 3.08. The molecule has 4 heteroatoms. The molecule has 23 heavy (non-hydrogen) atoms. The number of pyridine rings is 1. The molecule has 0 bridgehead atoms. The predicted octanol–water partition coefficient (Wildman–Crippen LogP) is 3.39. The molecule has 4 nitrogen and oxygen atoms in total. The van der Waals surface area contributed by atoms with Crippen molar-refractivity contribution in [1.82, 2.24) is 14.1 Å². The minimum atomic E-state index is -0.0690. The molecule has 0 saturated carbocycles. The standard InChI is InChI=1S/C19H15N3O/c1-21-17-9-5-6-10-18(17)22(19(21)23)15-11-12-16(20-13-15)14-7-3-2-4-8-14/h2-13H,1H3. The minimum Gasteiger partial charge on any atom is -0.295 e. The molecule has 0 fully saturated rings. The molecular weight excluding hydrogens is 286 g/mol. The van der Waals surface area contributed by atoms with Crippen molar-refractivity contribution in [3.8, 4) is 16.9 Å². The van der Waals surface area contributed by atoms with E-state index in [9.17, 15) is 4.79 Å². The first kappa shape index (κ1) is 13.5. The molecule has 4 aromatic rings. The summed E-state index contributed by atoms with van der Waals surface area (Å²) < 4.78 is 3.34. The molecule has 0 atom stereocenters. The van der Waals surface area contributed by atoms with Crippen LogP contribution >= 0.6 is 0 Å². The van der Waals surface area contributed by atoms with Crippen molar-refractivity contribution >= 4 is 11.0 Å². The van der Waals surface area contributed by atoms with Gasteiger partial charge in [-0.2, -0.15) is 0 Å². The van der Waals surface area contributed by atoms with Crippen LogP contribution in [-0.2, 0) is 7.05 Å². The summed E-state index contributed by atoms with van der Waals surface area (Å²) in [6, 6.07) is 21.6. The zero-order valence-electron chi connectivity index (χ0n) is 12.7. The van der Waals surface area contributed by atoms with Crippen LogP contribution in [-0.4, -0.2) is 14.1 Å². The van der Waals surface area contributed by atoms with Crippen molar-refractivity contribution in [2.24, 2.45) is 7.05 Å². The highest BCUT2D eigenvalue weighted by Crippen LogP contribution is 2.20. The smallest absolute Gasteiger partial charge is 0.295 e. The number of hydrogen-bond acceptors (Lipinski definition) is 2. The molecule has 0 aliphatic rings. The second-order valence-corrected chi connectivity index (χ2v) is 5.43. The molecule has 0 radical (unpaired) electrons. The van der Waals surface area contributed by atoms with Crippen LogP contribution in [0, 0.1) is 0 Å². The van der Waals surface area contributed by atoms with Crippen LogP contribution in [0.1, 0.15) is 0 Å². The Morgan fingerprint density at radius 2 is 1.52 bits per heavy atom. The number of rotatable bonds is 2. The Morgan fingerprint density at radius 1 is 0.826 bits per heavy atom. The fraction of sp³-hybridized carbons (Fsp3) is 0.0526. The van der Waals surface area contributed by atoms with E-state index in [2.05, 4.69) is 4.98 Å². The van der Waals surface area contributed by atoms with E-state index in [1.165, 1.54) is 0 Å². The largest absolute Gasteiger partial charge is 0.333 e. The van der Waals surface area contributed by atoms with Crippen molar-refractivity contribution in [3.63, 3.8) is 0 Å². The van der Waals surface area contributed by atoms with E-state index in [0.29, 0.717) is 0 Å². The molecule has 0 aliphatic carbocycles. The normalized spacial score (nSPS) is 11.0. The lowest BCUT2D eigenvalue weighted by Gasteiger charge is -2.05. The van der Waals surface area contributed by atoms with Crippen molar-refractivity contribution in [2.75, 3.05) is 0 Å². The van der Waals surface area contributed by atoms with E-state index in [1.807, 2.05) is 66.7 Å². The second-order valence-electron chi connectivity index (χ2n) is 5.43. The fourth-order valence-corrected chi connectivity index (χ4v) is 2.84. The van der Waals surface area contributed by atoms with Gasteiger partial charge in [-0.05, 0) is 24.3 Å². The third kappa shape index (κ3) is 2.16. The van der Waals surface area contributed by atoms with Crippen molar-refractivity contribution < 1.29 is 0 Å². The number of hydrogen-bond donors (Lipinski definition) is 0. The van der Waals surface area contributed by atoms with E-state index in [-0.39, 0.29) is 5.69 Å². The van der Waals surface area contributed by atoms with E-state index in [4.69, 9.17) is 0 Å². The Morgan fingerprint density at radius 3 is 2.22 bits per heavy atom. The van der Waals surface area contributed by atoms with Gasteiger partial charge in [0.05, 0.1) is 28.6 Å². The fourth-order valence-electron chi connectivity index (χ4n) is 2.84. The van der Waals surface area contributed by atoms with Gasteiger partial charge in [-0.3, -0.25) is 14.1 Å². The lowest BCUT2D eigenvalue weighted by molar-refractivity contribution is 0.844. The molecule has 2 aromatic heterocycles. The third-order valence-corrected chi connectivity index (χ3v) is 4.04. The zero-order chi connectivity index (χ0) is 15.8. The van der Waals surface area contributed by atoms with E-state index in [0.717, 1.165) is 28.0 Å². The van der Waals surface area contributed by atoms with Gasteiger partial charge in [0.25, 0.3) is 0 Å². The summed E-state index contributed by atoms with van der Waals surface area (Å²) in [6.45, 7) is 0. The summed E-state index contributed by atoms with van der Waals surface area (Å²) in [5.74, 6) is 0. The summed E-state index contributed by atoms with van der Waals surface area (Å²) in [4.78, 5) is 17.1. The number of fused-ring (bicyclic) bond motifs is 1. The third-order valence-electron chi connectivity index (χ3n) is 4.04. The van der Waals surface area contributed by atoms with Crippen LogP contribution in [0.25, 0.3) is 28.0 Å². The maximum Gasteiger partial charge on any atom is 0.333 e. The summed E-state index contributed by atoms with van der Waals surface area (Å²) >= 11 is 0. The van der Waals surface area contributed by atoms with Crippen molar-refractivity contribution in [1.29, 1.82) is 0 Å². The number of aryl methyl sites for hydroxylation is 1. The first-order valence-electron chi connectivity index (χ1n) is 7.44. The summed E-state index contributed by atoms with van der Waals surface area (Å²) in [5, 5.41) is 0. The van der Waals surface area contributed by atoms with Gasteiger partial charge in [-0.25, -0.2) is 4.79 Å². The van der Waals surface area contributed by atoms with Gasteiger partial charge in [0.15, 0.2) is 0 Å². The Balaban J connectivity index is 1.87. The summed E-state index contributed by atoms with van der Waals surface area (Å²) in [7, 11) is 1.78. The maximum absolute atomic E-state index is 12.5. The number of imidazole rings is 1. The maximum atomic E-state index is 12.5. The molecular formula is C19H15N3O. The highest BCUT2D eigenvalue weighted by atomic mass is 16.1. The van der Waals surface area contributed by atoms with Crippen LogP contribution in [0.15, 0.2) is 77.7 Å². The molecule has 0 unspecified atom stereocenters. The van der Waals surface area contributed by atoms with Crippen LogP contribution in [0.5, 0.6) is 0 Å². The lowest BCUT2D eigenvalue weighted by Crippen LogP contribution is -2.20. The monoisotopic (exact) mass is 301 g/mol. The average Bonchev–Trinajstić information content (AvgIpc) is 2.87. The first-order chi connectivity index (χ1) is 11.3.